The van der Waals surface area contributed by atoms with E-state index in [0.717, 1.165) is 51.8 Å². The van der Waals surface area contributed by atoms with Crippen molar-refractivity contribution in [1.82, 2.24) is 20.5 Å². The van der Waals surface area contributed by atoms with Crippen LogP contribution in [0.15, 0.2) is 65.8 Å². The molecule has 1 fully saturated rings. The van der Waals surface area contributed by atoms with Gasteiger partial charge in [0.1, 0.15) is 0 Å². The number of nitrogens with one attached hydrogen (secondary N) is 3. The normalized spacial score (nSPS) is 16.0. The summed E-state index contributed by atoms with van der Waals surface area (Å²) >= 11 is 0. The summed E-state index contributed by atoms with van der Waals surface area (Å²) in [6.45, 7) is 5.12. The Hall–Kier alpha value is -2.10. The Morgan fingerprint density at radius 3 is 2.58 bits per heavy atom. The van der Waals surface area contributed by atoms with Crippen molar-refractivity contribution in [2.75, 3.05) is 46.4 Å². The Balaban J connectivity index is 0.00000272. The van der Waals surface area contributed by atoms with Crippen LogP contribution < -0.4 is 10.6 Å². The molecular formula is C24H32IN5O. The van der Waals surface area contributed by atoms with Gasteiger partial charge in [-0.05, 0) is 23.6 Å². The fourth-order valence-electron chi connectivity index (χ4n) is 4.09. The number of ether oxygens (including phenoxy) is 1. The fraction of sp³-hybridized carbons (Fsp3) is 0.375. The van der Waals surface area contributed by atoms with Crippen LogP contribution in [0.25, 0.3) is 10.9 Å². The topological polar surface area (TPSA) is 64.7 Å². The molecule has 1 unspecified atom stereocenters. The van der Waals surface area contributed by atoms with Crippen LogP contribution in [-0.2, 0) is 11.2 Å². The number of aliphatic imine (C=N–C) groups is 1. The first-order valence-corrected chi connectivity index (χ1v) is 10.7. The molecule has 1 aromatic heterocycles. The highest BCUT2D eigenvalue weighted by molar-refractivity contribution is 14.0. The van der Waals surface area contributed by atoms with E-state index in [2.05, 4.69) is 86.3 Å². The molecule has 0 spiro atoms. The van der Waals surface area contributed by atoms with Crippen molar-refractivity contribution >= 4 is 40.8 Å². The van der Waals surface area contributed by atoms with E-state index in [1.54, 1.807) is 0 Å². The van der Waals surface area contributed by atoms with Crippen molar-refractivity contribution in [1.29, 1.82) is 0 Å². The average molecular weight is 533 g/mol. The molecule has 0 saturated carbocycles. The number of fused-ring (bicyclic) bond motifs is 1. The number of rotatable bonds is 7. The van der Waals surface area contributed by atoms with Gasteiger partial charge in [-0.2, -0.15) is 0 Å². The van der Waals surface area contributed by atoms with Crippen molar-refractivity contribution in [3.8, 4) is 0 Å². The number of morpholine rings is 1. The summed E-state index contributed by atoms with van der Waals surface area (Å²) < 4.78 is 5.55. The van der Waals surface area contributed by atoms with Gasteiger partial charge >= 0.3 is 0 Å². The molecule has 3 aromatic rings. The number of para-hydroxylation sites is 1. The molecule has 4 rings (SSSR count). The van der Waals surface area contributed by atoms with Gasteiger partial charge in [0, 0.05) is 50.3 Å². The second-order valence-electron chi connectivity index (χ2n) is 7.56. The largest absolute Gasteiger partial charge is 0.379 e. The first-order chi connectivity index (χ1) is 14.8. The predicted molar refractivity (Wildman–Crippen MR) is 138 cm³/mol. The van der Waals surface area contributed by atoms with E-state index in [0.29, 0.717) is 6.04 Å². The van der Waals surface area contributed by atoms with Gasteiger partial charge in [-0.25, -0.2) is 0 Å². The van der Waals surface area contributed by atoms with Crippen LogP contribution in [-0.4, -0.2) is 62.3 Å². The minimum absolute atomic E-state index is 0. The lowest BCUT2D eigenvalue weighted by Crippen LogP contribution is -2.46. The smallest absolute Gasteiger partial charge is 0.191 e. The van der Waals surface area contributed by atoms with E-state index in [-0.39, 0.29) is 24.0 Å². The van der Waals surface area contributed by atoms with Gasteiger partial charge in [-0.1, -0.05) is 48.5 Å². The minimum atomic E-state index is 0. The van der Waals surface area contributed by atoms with E-state index in [1.165, 1.54) is 22.0 Å². The van der Waals surface area contributed by atoms with Gasteiger partial charge in [0.2, 0.25) is 0 Å². The molecule has 1 aliphatic rings. The van der Waals surface area contributed by atoms with Crippen LogP contribution >= 0.6 is 24.0 Å². The predicted octanol–water partition coefficient (Wildman–Crippen LogP) is 3.57. The van der Waals surface area contributed by atoms with E-state index < -0.39 is 0 Å². The fourth-order valence-corrected chi connectivity index (χ4v) is 4.09. The Morgan fingerprint density at radius 1 is 1.06 bits per heavy atom. The first kappa shape index (κ1) is 23.6. The molecule has 0 radical (unpaired) electrons. The van der Waals surface area contributed by atoms with E-state index in [4.69, 9.17) is 4.74 Å². The Morgan fingerprint density at radius 2 is 1.81 bits per heavy atom. The number of nitrogens with zero attached hydrogens (tertiary/aromatic N) is 2. The molecule has 0 bridgehead atoms. The first-order valence-electron chi connectivity index (χ1n) is 10.7. The Bertz CT molecular complexity index is 953. The van der Waals surface area contributed by atoms with Crippen molar-refractivity contribution in [3.05, 3.63) is 71.9 Å². The van der Waals surface area contributed by atoms with Gasteiger partial charge in [-0.3, -0.25) is 9.89 Å². The van der Waals surface area contributed by atoms with Gasteiger partial charge in [-0.15, -0.1) is 24.0 Å². The van der Waals surface area contributed by atoms with Crippen LogP contribution in [0.2, 0.25) is 0 Å². The molecule has 3 N–H and O–H groups in total. The maximum atomic E-state index is 5.55. The van der Waals surface area contributed by atoms with Gasteiger partial charge in [0.15, 0.2) is 5.96 Å². The molecule has 6 nitrogen and oxygen atoms in total. The molecule has 2 aromatic carbocycles. The standard InChI is InChI=1S/C24H31N5O.HI/c1-25-24(26-12-11-20-17-27-22-10-6-5-9-21(20)22)28-18-23(19-7-3-2-4-8-19)29-13-15-30-16-14-29;/h2-10,17,23,27H,11-16,18H2,1H3,(H2,25,26,28);1H. The van der Waals surface area contributed by atoms with Gasteiger partial charge < -0.3 is 20.4 Å². The molecule has 1 aliphatic heterocycles. The van der Waals surface area contributed by atoms with Crippen LogP contribution in [0, 0.1) is 0 Å². The molecule has 166 valence electrons. The summed E-state index contributed by atoms with van der Waals surface area (Å²) in [7, 11) is 1.83. The van der Waals surface area contributed by atoms with Crippen molar-refractivity contribution in [3.63, 3.8) is 0 Å². The summed E-state index contributed by atoms with van der Waals surface area (Å²) in [5, 5.41) is 8.29. The highest BCUT2D eigenvalue weighted by Crippen LogP contribution is 2.21. The maximum Gasteiger partial charge on any atom is 0.191 e. The summed E-state index contributed by atoms with van der Waals surface area (Å²) in [5.41, 5.74) is 3.83. The van der Waals surface area contributed by atoms with E-state index in [1.807, 2.05) is 7.05 Å². The zero-order valence-corrected chi connectivity index (χ0v) is 20.3. The van der Waals surface area contributed by atoms with Crippen molar-refractivity contribution in [2.24, 2.45) is 4.99 Å². The molecule has 31 heavy (non-hydrogen) atoms. The highest BCUT2D eigenvalue weighted by atomic mass is 127. The van der Waals surface area contributed by atoms with Crippen molar-refractivity contribution in [2.45, 2.75) is 12.5 Å². The number of guanidine groups is 1. The highest BCUT2D eigenvalue weighted by Gasteiger charge is 2.22. The molecule has 1 atom stereocenters. The number of hydrogen-bond donors (Lipinski definition) is 3. The number of benzene rings is 2. The Labute approximate surface area is 201 Å². The maximum absolute atomic E-state index is 5.55. The lowest BCUT2D eigenvalue weighted by molar-refractivity contribution is 0.0170. The van der Waals surface area contributed by atoms with E-state index >= 15 is 0 Å². The second-order valence-corrected chi connectivity index (χ2v) is 7.56. The third-order valence-electron chi connectivity index (χ3n) is 5.72. The summed E-state index contributed by atoms with van der Waals surface area (Å²) in [6, 6.07) is 19.4. The monoisotopic (exact) mass is 533 g/mol. The number of hydrogen-bond acceptors (Lipinski definition) is 3. The second kappa shape index (κ2) is 12.1. The lowest BCUT2D eigenvalue weighted by Gasteiger charge is -2.35. The lowest BCUT2D eigenvalue weighted by atomic mass is 10.0. The number of aromatic nitrogens is 1. The SMILES string of the molecule is CN=C(NCCc1c[nH]c2ccccc12)NCC(c1ccccc1)N1CCOCC1.I. The van der Waals surface area contributed by atoms with Crippen LogP contribution in [0.1, 0.15) is 17.2 Å². The Kier molecular flexibility index (Phi) is 9.17. The molecule has 0 amide bonds. The molecule has 0 aliphatic carbocycles. The summed E-state index contributed by atoms with van der Waals surface area (Å²) in [6.07, 6.45) is 3.04. The van der Waals surface area contributed by atoms with Crippen LogP contribution in [0.3, 0.4) is 0 Å². The van der Waals surface area contributed by atoms with Gasteiger partial charge in [0.05, 0.1) is 19.3 Å². The van der Waals surface area contributed by atoms with Crippen molar-refractivity contribution < 1.29 is 4.74 Å². The molecular weight excluding hydrogens is 501 g/mol. The van der Waals surface area contributed by atoms with E-state index in [9.17, 15) is 0 Å². The number of halogens is 1. The minimum Gasteiger partial charge on any atom is -0.379 e. The molecule has 2 heterocycles. The molecule has 7 heteroatoms. The van der Waals surface area contributed by atoms with Gasteiger partial charge in [0.25, 0.3) is 0 Å². The number of H-pyrrole nitrogens is 1. The zero-order chi connectivity index (χ0) is 20.6. The third kappa shape index (κ3) is 6.21. The number of aromatic amines is 1. The quantitative estimate of drug-likeness (QED) is 0.247. The summed E-state index contributed by atoms with van der Waals surface area (Å²) in [5.74, 6) is 0.837. The average Bonchev–Trinajstić information content (AvgIpc) is 3.22. The van der Waals surface area contributed by atoms with Crippen LogP contribution in [0.5, 0.6) is 0 Å². The third-order valence-corrected chi connectivity index (χ3v) is 5.72. The zero-order valence-electron chi connectivity index (χ0n) is 18.0. The molecule has 1 saturated heterocycles. The summed E-state index contributed by atoms with van der Waals surface area (Å²) in [4.78, 5) is 10.3. The van der Waals surface area contributed by atoms with Crippen LogP contribution in [0.4, 0.5) is 0 Å².